The van der Waals surface area contributed by atoms with Gasteiger partial charge in [-0.2, -0.15) is 5.10 Å². The highest BCUT2D eigenvalue weighted by Gasteiger charge is 2.13. The molecule has 5 rings (SSSR count). The third-order valence-electron chi connectivity index (χ3n) is 4.41. The van der Waals surface area contributed by atoms with E-state index in [0.717, 1.165) is 55.1 Å². The smallest absolute Gasteiger partial charge is 0.159 e. The Bertz CT molecular complexity index is 1250. The molecule has 0 bridgehead atoms. The maximum Gasteiger partial charge on any atom is 0.159 e. The lowest BCUT2D eigenvalue weighted by Crippen LogP contribution is -1.80. The van der Waals surface area contributed by atoms with Crippen molar-refractivity contribution in [1.82, 2.24) is 20.2 Å². The topological polar surface area (TPSA) is 74.4 Å². The number of aromatic amines is 2. The van der Waals surface area contributed by atoms with Crippen molar-refractivity contribution >= 4 is 39.6 Å². The summed E-state index contributed by atoms with van der Waals surface area (Å²) in [6.45, 7) is 0. The second-order valence-electron chi connectivity index (χ2n) is 6.07. The molecule has 6 heteroatoms. The number of para-hydroxylation sites is 1. The number of benzene rings is 2. The number of thiophene rings is 1. The molecule has 3 aromatic heterocycles. The maximum absolute atomic E-state index is 10.7. The van der Waals surface area contributed by atoms with Gasteiger partial charge in [-0.05, 0) is 35.9 Å². The summed E-state index contributed by atoms with van der Waals surface area (Å²) in [5.41, 5.74) is 4.80. The zero-order chi connectivity index (χ0) is 17.5. The molecule has 0 saturated carbocycles. The van der Waals surface area contributed by atoms with Crippen LogP contribution in [-0.2, 0) is 11.2 Å². The molecule has 0 aliphatic rings. The highest BCUT2D eigenvalue weighted by Crippen LogP contribution is 2.31. The molecule has 126 valence electrons. The number of nitrogens with one attached hydrogen (secondary N) is 2. The Morgan fingerprint density at radius 3 is 2.88 bits per heavy atom. The number of imidazole rings is 1. The van der Waals surface area contributed by atoms with Gasteiger partial charge in [-0.25, -0.2) is 4.98 Å². The van der Waals surface area contributed by atoms with Crippen LogP contribution in [-0.4, -0.2) is 26.5 Å². The van der Waals surface area contributed by atoms with Crippen LogP contribution in [0.4, 0.5) is 0 Å². The van der Waals surface area contributed by atoms with Crippen LogP contribution in [0.2, 0.25) is 0 Å². The van der Waals surface area contributed by atoms with E-state index in [1.807, 2.05) is 36.4 Å². The number of hydrogen-bond acceptors (Lipinski definition) is 4. The van der Waals surface area contributed by atoms with Crippen LogP contribution in [0.15, 0.2) is 54.6 Å². The zero-order valence-corrected chi connectivity index (χ0v) is 14.5. The summed E-state index contributed by atoms with van der Waals surface area (Å²) in [6, 6.07) is 18.2. The Balaban J connectivity index is 1.58. The van der Waals surface area contributed by atoms with Gasteiger partial charge in [0.1, 0.15) is 12.0 Å². The number of carbonyl (C=O) groups excluding carboxylic acids is 1. The van der Waals surface area contributed by atoms with Gasteiger partial charge >= 0.3 is 0 Å². The van der Waals surface area contributed by atoms with Gasteiger partial charge in [-0.3, -0.25) is 5.10 Å². The first-order valence-corrected chi connectivity index (χ1v) is 9.09. The van der Waals surface area contributed by atoms with E-state index in [4.69, 9.17) is 4.98 Å². The maximum atomic E-state index is 10.7. The summed E-state index contributed by atoms with van der Waals surface area (Å²) >= 11 is 1.64. The Labute approximate surface area is 152 Å². The number of aldehydes is 1. The number of hydrogen-bond donors (Lipinski definition) is 2. The number of aromatic nitrogens is 4. The molecule has 5 aromatic rings. The molecule has 2 aromatic carbocycles. The van der Waals surface area contributed by atoms with E-state index < -0.39 is 0 Å². The third kappa shape index (κ3) is 2.43. The van der Waals surface area contributed by atoms with Crippen LogP contribution in [0.5, 0.6) is 0 Å². The minimum absolute atomic E-state index is 0.466. The van der Waals surface area contributed by atoms with Crippen LogP contribution in [0, 0.1) is 0 Å². The Morgan fingerprint density at radius 1 is 1.04 bits per heavy atom. The molecule has 0 saturated heterocycles. The number of nitrogens with zero attached hydrogens (tertiary/aromatic N) is 2. The molecule has 2 N–H and O–H groups in total. The van der Waals surface area contributed by atoms with Gasteiger partial charge in [-0.1, -0.05) is 24.3 Å². The Kier molecular flexibility index (Phi) is 3.43. The monoisotopic (exact) mass is 358 g/mol. The van der Waals surface area contributed by atoms with Crippen LogP contribution in [0.1, 0.15) is 4.88 Å². The average Bonchev–Trinajstić information content (AvgIpc) is 3.38. The van der Waals surface area contributed by atoms with Gasteiger partial charge in [-0.15, -0.1) is 11.3 Å². The molecule has 0 aliphatic carbocycles. The summed E-state index contributed by atoms with van der Waals surface area (Å²) in [6.07, 6.45) is 1.40. The van der Waals surface area contributed by atoms with Crippen LogP contribution < -0.4 is 0 Å². The number of rotatable bonds is 4. The summed E-state index contributed by atoms with van der Waals surface area (Å²) in [7, 11) is 0. The van der Waals surface area contributed by atoms with Crippen molar-refractivity contribution in [3.05, 3.63) is 59.5 Å². The van der Waals surface area contributed by atoms with E-state index in [1.165, 1.54) is 0 Å². The van der Waals surface area contributed by atoms with Crippen LogP contribution in [0.25, 0.3) is 43.9 Å². The van der Waals surface area contributed by atoms with Crippen molar-refractivity contribution in [3.63, 3.8) is 0 Å². The normalized spacial score (nSPS) is 11.4. The summed E-state index contributed by atoms with van der Waals surface area (Å²) in [5.74, 6) is 0.752. The molecule has 26 heavy (non-hydrogen) atoms. The molecule has 0 atom stereocenters. The first-order chi connectivity index (χ1) is 12.8. The lowest BCUT2D eigenvalue weighted by Gasteiger charge is -1.96. The second kappa shape index (κ2) is 5.93. The molecule has 0 radical (unpaired) electrons. The molecule has 0 spiro atoms. The van der Waals surface area contributed by atoms with Gasteiger partial charge < -0.3 is 9.78 Å². The minimum atomic E-state index is 0.466. The fourth-order valence-electron chi connectivity index (χ4n) is 3.14. The lowest BCUT2D eigenvalue weighted by molar-refractivity contribution is -0.107. The standard InChI is InChI=1S/C20H14N4OS/c25-10-9-13-6-8-18(26-13)12-5-7-16-17(11-12)22-20(21-16)19-14-3-1-2-4-15(14)23-24-19/h1-8,10-11H,9H2,(H,21,22)(H,23,24). The molecule has 5 nitrogen and oxygen atoms in total. The third-order valence-corrected chi connectivity index (χ3v) is 5.56. The number of H-pyrrole nitrogens is 2. The quantitative estimate of drug-likeness (QED) is 0.462. The zero-order valence-electron chi connectivity index (χ0n) is 13.7. The highest BCUT2D eigenvalue weighted by molar-refractivity contribution is 7.15. The predicted octanol–water partition coefficient (Wildman–Crippen LogP) is 4.58. The molecular weight excluding hydrogens is 344 g/mol. The largest absolute Gasteiger partial charge is 0.337 e. The second-order valence-corrected chi connectivity index (χ2v) is 7.24. The lowest BCUT2D eigenvalue weighted by atomic mass is 10.1. The van der Waals surface area contributed by atoms with Gasteiger partial charge in [0.25, 0.3) is 0 Å². The minimum Gasteiger partial charge on any atom is -0.337 e. The molecular formula is C20H14N4OS. The van der Waals surface area contributed by atoms with Gasteiger partial charge in [0.05, 0.1) is 16.6 Å². The van der Waals surface area contributed by atoms with E-state index in [-0.39, 0.29) is 0 Å². The Morgan fingerprint density at radius 2 is 1.96 bits per heavy atom. The first kappa shape index (κ1) is 15.0. The molecule has 3 heterocycles. The van der Waals surface area contributed by atoms with Crippen molar-refractivity contribution in [2.45, 2.75) is 6.42 Å². The summed E-state index contributed by atoms with van der Waals surface area (Å²) in [4.78, 5) is 21.0. The van der Waals surface area contributed by atoms with E-state index in [2.05, 4.69) is 33.4 Å². The number of carbonyl (C=O) groups is 1. The average molecular weight is 358 g/mol. The van der Waals surface area contributed by atoms with Crippen LogP contribution in [0.3, 0.4) is 0 Å². The summed E-state index contributed by atoms with van der Waals surface area (Å²) in [5, 5.41) is 8.51. The Hall–Kier alpha value is -3.25. The SMILES string of the molecule is O=CCc1ccc(-c2ccc3nc(-c4n[nH]c5ccccc45)[nH]c3c2)s1. The van der Waals surface area contributed by atoms with Gasteiger partial charge in [0, 0.05) is 21.6 Å². The fraction of sp³-hybridized carbons (Fsp3) is 0.0500. The molecule has 0 aliphatic heterocycles. The fourth-order valence-corrected chi connectivity index (χ4v) is 4.09. The van der Waals surface area contributed by atoms with Crippen molar-refractivity contribution < 1.29 is 4.79 Å². The number of fused-ring (bicyclic) bond motifs is 2. The van der Waals surface area contributed by atoms with E-state index in [1.54, 1.807) is 11.3 Å². The van der Waals surface area contributed by atoms with E-state index in [9.17, 15) is 4.79 Å². The van der Waals surface area contributed by atoms with Crippen molar-refractivity contribution in [1.29, 1.82) is 0 Å². The van der Waals surface area contributed by atoms with Crippen molar-refractivity contribution in [3.8, 4) is 22.0 Å². The molecule has 0 fully saturated rings. The summed E-state index contributed by atoms with van der Waals surface area (Å²) < 4.78 is 0. The molecule has 0 amide bonds. The van der Waals surface area contributed by atoms with Gasteiger partial charge in [0.15, 0.2) is 5.82 Å². The van der Waals surface area contributed by atoms with Crippen molar-refractivity contribution in [2.24, 2.45) is 0 Å². The predicted molar refractivity (Wildman–Crippen MR) is 104 cm³/mol. The van der Waals surface area contributed by atoms with Crippen LogP contribution >= 0.6 is 11.3 Å². The molecule has 0 unspecified atom stereocenters. The van der Waals surface area contributed by atoms with E-state index >= 15 is 0 Å². The first-order valence-electron chi connectivity index (χ1n) is 8.28. The van der Waals surface area contributed by atoms with E-state index in [0.29, 0.717) is 6.42 Å². The van der Waals surface area contributed by atoms with Crippen molar-refractivity contribution in [2.75, 3.05) is 0 Å². The highest BCUT2D eigenvalue weighted by atomic mass is 32.1. The van der Waals surface area contributed by atoms with Gasteiger partial charge in [0.2, 0.25) is 0 Å².